The lowest BCUT2D eigenvalue weighted by Gasteiger charge is -2.33. The van der Waals surface area contributed by atoms with Crippen LogP contribution in [0.3, 0.4) is 0 Å². The van der Waals surface area contributed by atoms with Crippen molar-refractivity contribution in [3.63, 3.8) is 0 Å². The third-order valence-electron chi connectivity index (χ3n) is 5.24. The molecule has 3 atom stereocenters. The summed E-state index contributed by atoms with van der Waals surface area (Å²) in [5, 5.41) is 6.33. The predicted octanol–water partition coefficient (Wildman–Crippen LogP) is 1.96. The van der Waals surface area contributed by atoms with E-state index in [4.69, 9.17) is 4.74 Å². The van der Waals surface area contributed by atoms with Crippen LogP contribution in [-0.2, 0) is 16.1 Å². The summed E-state index contributed by atoms with van der Waals surface area (Å²) in [7, 11) is 0. The quantitative estimate of drug-likeness (QED) is 0.894. The van der Waals surface area contributed by atoms with Crippen molar-refractivity contribution in [1.82, 2.24) is 15.2 Å². The van der Waals surface area contributed by atoms with Crippen molar-refractivity contribution >= 4 is 17.2 Å². The molecule has 4 rings (SSSR count). The molecule has 1 aromatic rings. The molecular formula is C17H25N3O2S. The van der Waals surface area contributed by atoms with E-state index in [1.165, 1.54) is 12.8 Å². The maximum Gasteiger partial charge on any atom is 0.249 e. The second-order valence-electron chi connectivity index (χ2n) is 7.23. The van der Waals surface area contributed by atoms with Gasteiger partial charge in [-0.3, -0.25) is 9.69 Å². The van der Waals surface area contributed by atoms with Gasteiger partial charge in [-0.05, 0) is 51.0 Å². The van der Waals surface area contributed by atoms with Gasteiger partial charge in [-0.15, -0.1) is 11.3 Å². The molecule has 1 N–H and O–H groups in total. The Morgan fingerprint density at radius 2 is 2.35 bits per heavy atom. The monoisotopic (exact) mass is 335 g/mol. The van der Waals surface area contributed by atoms with Gasteiger partial charge in [0.1, 0.15) is 6.10 Å². The first-order valence-electron chi connectivity index (χ1n) is 8.74. The van der Waals surface area contributed by atoms with Crippen LogP contribution >= 0.6 is 11.3 Å². The van der Waals surface area contributed by atoms with E-state index >= 15 is 0 Å². The molecule has 0 aromatic carbocycles. The molecule has 3 fully saturated rings. The maximum atomic E-state index is 12.2. The van der Waals surface area contributed by atoms with E-state index in [1.54, 1.807) is 11.3 Å². The van der Waals surface area contributed by atoms with Gasteiger partial charge >= 0.3 is 0 Å². The summed E-state index contributed by atoms with van der Waals surface area (Å²) >= 11 is 1.71. The molecule has 1 aromatic heterocycles. The molecule has 3 aliphatic rings. The number of likely N-dealkylation sites (tertiary alicyclic amines) is 1. The summed E-state index contributed by atoms with van der Waals surface area (Å²) in [6, 6.07) is 0. The SMILES string of the molecule is Cc1nc(CN2CC[C@H]3C[C@H](C(=O)NCC4CC4)O[C@H]3C2)cs1. The average Bonchev–Trinajstić information content (AvgIpc) is 3.13. The first-order valence-corrected chi connectivity index (χ1v) is 9.62. The number of piperidine rings is 1. The third-order valence-corrected chi connectivity index (χ3v) is 6.06. The number of ether oxygens (including phenoxy) is 1. The highest BCUT2D eigenvalue weighted by atomic mass is 32.1. The molecule has 1 aliphatic carbocycles. The molecule has 23 heavy (non-hydrogen) atoms. The summed E-state index contributed by atoms with van der Waals surface area (Å²) in [5.41, 5.74) is 1.16. The van der Waals surface area contributed by atoms with Gasteiger partial charge in [-0.25, -0.2) is 4.98 Å². The van der Waals surface area contributed by atoms with Crippen LogP contribution in [0.2, 0.25) is 0 Å². The Hall–Kier alpha value is -0.980. The minimum absolute atomic E-state index is 0.105. The molecule has 1 saturated carbocycles. The van der Waals surface area contributed by atoms with Gasteiger partial charge in [0.25, 0.3) is 0 Å². The van der Waals surface area contributed by atoms with E-state index in [0.717, 1.165) is 55.6 Å². The molecule has 0 spiro atoms. The van der Waals surface area contributed by atoms with Gasteiger partial charge in [0, 0.05) is 25.0 Å². The van der Waals surface area contributed by atoms with Crippen LogP contribution in [0.1, 0.15) is 36.4 Å². The smallest absolute Gasteiger partial charge is 0.249 e. The van der Waals surface area contributed by atoms with Crippen molar-refractivity contribution in [1.29, 1.82) is 0 Å². The van der Waals surface area contributed by atoms with Crippen LogP contribution < -0.4 is 5.32 Å². The van der Waals surface area contributed by atoms with Crippen LogP contribution in [0.5, 0.6) is 0 Å². The van der Waals surface area contributed by atoms with Crippen LogP contribution in [0, 0.1) is 18.8 Å². The van der Waals surface area contributed by atoms with Crippen LogP contribution in [0.15, 0.2) is 5.38 Å². The Kier molecular flexibility index (Phi) is 4.39. The zero-order valence-electron chi connectivity index (χ0n) is 13.7. The molecule has 1 amide bonds. The Balaban J connectivity index is 1.28. The lowest BCUT2D eigenvalue weighted by molar-refractivity contribution is -0.132. The summed E-state index contributed by atoms with van der Waals surface area (Å²) in [4.78, 5) is 19.2. The molecule has 126 valence electrons. The Bertz CT molecular complexity index is 572. The highest BCUT2D eigenvalue weighted by molar-refractivity contribution is 7.09. The topological polar surface area (TPSA) is 54.5 Å². The van der Waals surface area contributed by atoms with Crippen LogP contribution in [0.4, 0.5) is 0 Å². The first-order chi connectivity index (χ1) is 11.2. The van der Waals surface area contributed by atoms with Crippen molar-refractivity contribution in [2.24, 2.45) is 11.8 Å². The predicted molar refractivity (Wildman–Crippen MR) is 89.2 cm³/mol. The Labute approximate surface area is 141 Å². The van der Waals surface area contributed by atoms with Crippen molar-refractivity contribution < 1.29 is 9.53 Å². The lowest BCUT2D eigenvalue weighted by Crippen LogP contribution is -2.42. The summed E-state index contributed by atoms with van der Waals surface area (Å²) in [6.07, 6.45) is 4.53. The summed E-state index contributed by atoms with van der Waals surface area (Å²) in [5.74, 6) is 1.37. The molecule has 2 saturated heterocycles. The second-order valence-corrected chi connectivity index (χ2v) is 8.29. The van der Waals surface area contributed by atoms with E-state index in [0.29, 0.717) is 5.92 Å². The first kappa shape index (κ1) is 15.5. The van der Waals surface area contributed by atoms with Gasteiger partial charge in [0.15, 0.2) is 0 Å². The highest BCUT2D eigenvalue weighted by Gasteiger charge is 2.42. The van der Waals surface area contributed by atoms with Gasteiger partial charge in [-0.1, -0.05) is 0 Å². The van der Waals surface area contributed by atoms with E-state index in [1.807, 2.05) is 6.92 Å². The van der Waals surface area contributed by atoms with Crippen molar-refractivity contribution in [3.05, 3.63) is 16.1 Å². The Morgan fingerprint density at radius 3 is 3.09 bits per heavy atom. The number of carbonyl (C=O) groups is 1. The van der Waals surface area contributed by atoms with Crippen LogP contribution in [0.25, 0.3) is 0 Å². The fraction of sp³-hybridized carbons (Fsp3) is 0.765. The molecule has 0 unspecified atom stereocenters. The van der Waals surface area contributed by atoms with Crippen LogP contribution in [-0.4, -0.2) is 47.6 Å². The standard InChI is InChI=1S/C17H25N3O2S/c1-11-19-14(10-23-11)8-20-5-4-13-6-15(22-16(13)9-20)17(21)18-7-12-2-3-12/h10,12-13,15-16H,2-9H2,1H3,(H,18,21)/t13-,15+,16-/m0/s1. The number of hydrogen-bond acceptors (Lipinski definition) is 5. The number of aromatic nitrogens is 1. The molecule has 0 bridgehead atoms. The third kappa shape index (κ3) is 3.75. The van der Waals surface area contributed by atoms with Crippen molar-refractivity contribution in [2.75, 3.05) is 19.6 Å². The zero-order valence-corrected chi connectivity index (χ0v) is 14.5. The molecule has 0 radical (unpaired) electrons. The number of aryl methyl sites for hydroxylation is 1. The van der Waals surface area contributed by atoms with E-state index < -0.39 is 0 Å². The number of nitrogens with one attached hydrogen (secondary N) is 1. The normalized spacial score (nSPS) is 31.1. The number of carbonyl (C=O) groups excluding carboxylic acids is 1. The number of thiazole rings is 1. The highest BCUT2D eigenvalue weighted by Crippen LogP contribution is 2.34. The molecular weight excluding hydrogens is 310 g/mol. The van der Waals surface area contributed by atoms with E-state index in [9.17, 15) is 4.79 Å². The molecule has 5 nitrogen and oxygen atoms in total. The van der Waals surface area contributed by atoms with Gasteiger partial charge in [0.05, 0.1) is 16.8 Å². The fourth-order valence-corrected chi connectivity index (χ4v) is 4.30. The lowest BCUT2D eigenvalue weighted by atomic mass is 9.91. The molecule has 6 heteroatoms. The molecule has 2 aliphatic heterocycles. The minimum Gasteiger partial charge on any atom is -0.364 e. The zero-order chi connectivity index (χ0) is 15.8. The number of nitrogens with zero attached hydrogens (tertiary/aromatic N) is 2. The van der Waals surface area contributed by atoms with E-state index in [2.05, 4.69) is 20.6 Å². The van der Waals surface area contributed by atoms with Gasteiger partial charge < -0.3 is 10.1 Å². The Morgan fingerprint density at radius 1 is 1.48 bits per heavy atom. The largest absolute Gasteiger partial charge is 0.364 e. The number of rotatable bonds is 5. The second kappa shape index (κ2) is 6.49. The number of amides is 1. The fourth-order valence-electron chi connectivity index (χ4n) is 3.70. The number of hydrogen-bond donors (Lipinski definition) is 1. The van der Waals surface area contributed by atoms with Gasteiger partial charge in [-0.2, -0.15) is 0 Å². The summed E-state index contributed by atoms with van der Waals surface area (Å²) in [6.45, 7) is 5.79. The summed E-state index contributed by atoms with van der Waals surface area (Å²) < 4.78 is 6.08. The number of fused-ring (bicyclic) bond motifs is 1. The average molecular weight is 335 g/mol. The van der Waals surface area contributed by atoms with Crippen molar-refractivity contribution in [2.45, 2.75) is 51.4 Å². The maximum absolute atomic E-state index is 12.2. The van der Waals surface area contributed by atoms with Crippen molar-refractivity contribution in [3.8, 4) is 0 Å². The van der Waals surface area contributed by atoms with Gasteiger partial charge in [0.2, 0.25) is 5.91 Å². The van der Waals surface area contributed by atoms with E-state index in [-0.39, 0.29) is 18.1 Å². The minimum atomic E-state index is -0.231. The molecule has 3 heterocycles.